The summed E-state index contributed by atoms with van der Waals surface area (Å²) < 4.78 is 2.92. The molecule has 1 aliphatic rings. The summed E-state index contributed by atoms with van der Waals surface area (Å²) in [5.41, 5.74) is 1.83. The standard InChI is InChI=1S/C19H21N3O2S/c23-11-10-22-9-7-17(20-22)14-4-3-8-21(12-14)19(24)16-13-25-18-6-2-1-5-15(16)18/h1-2,5-7,9,13-14,23H,3-4,8,10-12H2/t14-/m1/s1. The molecule has 0 unspecified atom stereocenters. The topological polar surface area (TPSA) is 58.4 Å². The number of thiophene rings is 1. The summed E-state index contributed by atoms with van der Waals surface area (Å²) in [4.78, 5) is 15.0. The van der Waals surface area contributed by atoms with E-state index in [1.807, 2.05) is 40.7 Å². The molecule has 1 fully saturated rings. The molecule has 0 spiro atoms. The number of amides is 1. The molecular weight excluding hydrogens is 334 g/mol. The number of carbonyl (C=O) groups is 1. The van der Waals surface area contributed by atoms with Crippen molar-refractivity contribution in [3.05, 3.63) is 53.2 Å². The lowest BCUT2D eigenvalue weighted by Gasteiger charge is -2.32. The summed E-state index contributed by atoms with van der Waals surface area (Å²) in [5, 5.41) is 16.6. The number of benzene rings is 1. The van der Waals surface area contributed by atoms with Crippen molar-refractivity contribution in [3.63, 3.8) is 0 Å². The van der Waals surface area contributed by atoms with Gasteiger partial charge in [0.15, 0.2) is 0 Å². The van der Waals surface area contributed by atoms with Crippen LogP contribution >= 0.6 is 11.3 Å². The van der Waals surface area contributed by atoms with Crippen LogP contribution in [0.3, 0.4) is 0 Å². The summed E-state index contributed by atoms with van der Waals surface area (Å²) in [6, 6.07) is 10.1. The van der Waals surface area contributed by atoms with Crippen molar-refractivity contribution in [2.24, 2.45) is 0 Å². The fourth-order valence-electron chi connectivity index (χ4n) is 3.54. The molecule has 1 N–H and O–H groups in total. The Morgan fingerprint density at radius 3 is 3.08 bits per heavy atom. The van der Waals surface area contributed by atoms with Gasteiger partial charge in [0, 0.05) is 40.7 Å². The molecule has 130 valence electrons. The Morgan fingerprint density at radius 1 is 1.32 bits per heavy atom. The minimum absolute atomic E-state index is 0.0849. The molecule has 5 nitrogen and oxygen atoms in total. The Hall–Kier alpha value is -2.18. The highest BCUT2D eigenvalue weighted by atomic mass is 32.1. The smallest absolute Gasteiger partial charge is 0.255 e. The molecule has 0 aliphatic carbocycles. The second-order valence-electron chi connectivity index (χ2n) is 6.46. The van der Waals surface area contributed by atoms with E-state index in [1.165, 1.54) is 0 Å². The lowest BCUT2D eigenvalue weighted by atomic mass is 9.94. The summed E-state index contributed by atoms with van der Waals surface area (Å²) in [5.74, 6) is 0.388. The third kappa shape index (κ3) is 3.19. The summed E-state index contributed by atoms with van der Waals surface area (Å²) >= 11 is 1.63. The van der Waals surface area contributed by atoms with Crippen molar-refractivity contribution in [3.8, 4) is 0 Å². The SMILES string of the molecule is O=C(c1csc2ccccc12)N1CCC[C@@H](c2ccn(CCO)n2)C1. The first-order valence-electron chi connectivity index (χ1n) is 8.66. The van der Waals surface area contributed by atoms with Crippen LogP contribution in [0.15, 0.2) is 41.9 Å². The normalized spacial score (nSPS) is 18.0. The number of rotatable bonds is 4. The number of aliphatic hydroxyl groups excluding tert-OH is 1. The molecule has 0 bridgehead atoms. The van der Waals surface area contributed by atoms with Crippen molar-refractivity contribution >= 4 is 27.3 Å². The maximum Gasteiger partial charge on any atom is 0.255 e. The van der Waals surface area contributed by atoms with Gasteiger partial charge in [-0.15, -0.1) is 11.3 Å². The number of hydrogen-bond acceptors (Lipinski definition) is 4. The quantitative estimate of drug-likeness (QED) is 0.782. The molecule has 3 aromatic rings. The van der Waals surface area contributed by atoms with Crippen molar-refractivity contribution in [1.82, 2.24) is 14.7 Å². The molecule has 3 heterocycles. The van der Waals surface area contributed by atoms with Crippen LogP contribution in [0, 0.1) is 0 Å². The first-order chi connectivity index (χ1) is 12.3. The maximum atomic E-state index is 13.0. The molecule has 0 radical (unpaired) electrons. The van der Waals surface area contributed by atoms with Crippen LogP contribution < -0.4 is 0 Å². The van der Waals surface area contributed by atoms with Crippen LogP contribution in [-0.2, 0) is 6.54 Å². The van der Waals surface area contributed by atoms with Crippen molar-refractivity contribution in [2.75, 3.05) is 19.7 Å². The number of likely N-dealkylation sites (tertiary alicyclic amines) is 1. The minimum Gasteiger partial charge on any atom is -0.394 e. The largest absolute Gasteiger partial charge is 0.394 e. The van der Waals surface area contributed by atoms with E-state index in [1.54, 1.807) is 16.0 Å². The van der Waals surface area contributed by atoms with Gasteiger partial charge in [0.05, 0.1) is 24.4 Å². The van der Waals surface area contributed by atoms with Crippen LogP contribution in [0.25, 0.3) is 10.1 Å². The van der Waals surface area contributed by atoms with Gasteiger partial charge in [-0.3, -0.25) is 9.48 Å². The molecule has 1 aliphatic heterocycles. The predicted molar refractivity (Wildman–Crippen MR) is 99.0 cm³/mol. The van der Waals surface area contributed by atoms with E-state index in [-0.39, 0.29) is 18.4 Å². The Labute approximate surface area is 150 Å². The lowest BCUT2D eigenvalue weighted by Crippen LogP contribution is -2.39. The van der Waals surface area contributed by atoms with E-state index in [9.17, 15) is 4.79 Å². The third-order valence-corrected chi connectivity index (χ3v) is 5.79. The van der Waals surface area contributed by atoms with E-state index in [2.05, 4.69) is 11.2 Å². The average Bonchev–Trinajstić information content (AvgIpc) is 3.29. The third-order valence-electron chi connectivity index (χ3n) is 4.83. The molecule has 1 amide bonds. The number of fused-ring (bicyclic) bond motifs is 1. The molecule has 4 rings (SSSR count). The van der Waals surface area contributed by atoms with Gasteiger partial charge < -0.3 is 10.0 Å². The molecule has 1 saturated heterocycles. The number of aliphatic hydroxyl groups is 1. The Balaban J connectivity index is 1.53. The van der Waals surface area contributed by atoms with Crippen LogP contribution in [-0.4, -0.2) is 45.4 Å². The number of piperidine rings is 1. The highest BCUT2D eigenvalue weighted by Crippen LogP contribution is 2.30. The van der Waals surface area contributed by atoms with Gasteiger partial charge in [0.2, 0.25) is 0 Å². The van der Waals surface area contributed by atoms with Gasteiger partial charge in [-0.1, -0.05) is 18.2 Å². The molecule has 1 atom stereocenters. The van der Waals surface area contributed by atoms with Gasteiger partial charge in [-0.05, 0) is 25.0 Å². The molecule has 1 aromatic carbocycles. The minimum atomic E-state index is 0.0849. The highest BCUT2D eigenvalue weighted by molar-refractivity contribution is 7.17. The molecule has 0 saturated carbocycles. The first-order valence-corrected chi connectivity index (χ1v) is 9.54. The van der Waals surface area contributed by atoms with Gasteiger partial charge >= 0.3 is 0 Å². The Morgan fingerprint density at radius 2 is 2.20 bits per heavy atom. The predicted octanol–water partition coefficient (Wildman–Crippen LogP) is 3.11. The first kappa shape index (κ1) is 16.3. The second kappa shape index (κ2) is 6.98. The van der Waals surface area contributed by atoms with Crippen molar-refractivity contribution < 1.29 is 9.90 Å². The number of nitrogens with zero attached hydrogens (tertiary/aromatic N) is 3. The van der Waals surface area contributed by atoms with E-state index in [0.717, 1.165) is 40.7 Å². The van der Waals surface area contributed by atoms with E-state index >= 15 is 0 Å². The molecular formula is C19H21N3O2S. The van der Waals surface area contributed by atoms with Gasteiger partial charge in [-0.2, -0.15) is 5.10 Å². The molecule has 6 heteroatoms. The van der Waals surface area contributed by atoms with Crippen LogP contribution in [0.2, 0.25) is 0 Å². The summed E-state index contributed by atoms with van der Waals surface area (Å²) in [7, 11) is 0. The number of aromatic nitrogens is 2. The monoisotopic (exact) mass is 355 g/mol. The maximum absolute atomic E-state index is 13.0. The highest BCUT2D eigenvalue weighted by Gasteiger charge is 2.28. The molecule has 2 aromatic heterocycles. The van der Waals surface area contributed by atoms with Crippen molar-refractivity contribution in [1.29, 1.82) is 0 Å². The Kier molecular flexibility index (Phi) is 4.55. The summed E-state index contributed by atoms with van der Waals surface area (Å²) in [6.07, 6.45) is 3.94. The van der Waals surface area contributed by atoms with Crippen LogP contribution in [0.1, 0.15) is 34.8 Å². The average molecular weight is 355 g/mol. The summed E-state index contributed by atoms with van der Waals surface area (Å²) in [6.45, 7) is 2.11. The van der Waals surface area contributed by atoms with Crippen molar-refractivity contribution in [2.45, 2.75) is 25.3 Å². The Bertz CT molecular complexity index is 886. The van der Waals surface area contributed by atoms with Gasteiger partial charge in [0.1, 0.15) is 0 Å². The fraction of sp³-hybridized carbons (Fsp3) is 0.368. The molecule has 25 heavy (non-hydrogen) atoms. The van der Waals surface area contributed by atoms with E-state index in [0.29, 0.717) is 13.1 Å². The lowest BCUT2D eigenvalue weighted by molar-refractivity contribution is 0.0708. The van der Waals surface area contributed by atoms with Gasteiger partial charge in [-0.25, -0.2) is 0 Å². The van der Waals surface area contributed by atoms with Crippen LogP contribution in [0.4, 0.5) is 0 Å². The van der Waals surface area contributed by atoms with E-state index in [4.69, 9.17) is 5.11 Å². The zero-order chi connectivity index (χ0) is 17.2. The van der Waals surface area contributed by atoms with Crippen LogP contribution in [0.5, 0.6) is 0 Å². The van der Waals surface area contributed by atoms with Gasteiger partial charge in [0.25, 0.3) is 5.91 Å². The zero-order valence-corrected chi connectivity index (χ0v) is 14.8. The fourth-order valence-corrected chi connectivity index (χ4v) is 4.47. The van der Waals surface area contributed by atoms with E-state index < -0.39 is 0 Å². The zero-order valence-electron chi connectivity index (χ0n) is 14.0. The second-order valence-corrected chi connectivity index (χ2v) is 7.37. The number of hydrogen-bond donors (Lipinski definition) is 1. The number of carbonyl (C=O) groups excluding carboxylic acids is 1.